The molecule has 0 aromatic rings. The first-order valence-electron chi connectivity index (χ1n) is 24.2. The van der Waals surface area contributed by atoms with Crippen molar-refractivity contribution in [3.63, 3.8) is 0 Å². The van der Waals surface area contributed by atoms with E-state index in [9.17, 15) is 51.5 Å². The number of hydrogen-bond donors (Lipinski definition) is 8. The second-order valence-electron chi connectivity index (χ2n) is 21.9. The molecule has 0 spiro atoms. The van der Waals surface area contributed by atoms with Crippen molar-refractivity contribution in [2.75, 3.05) is 27.7 Å². The van der Waals surface area contributed by atoms with E-state index in [1.807, 2.05) is 96.9 Å². The van der Waals surface area contributed by atoms with E-state index in [0.29, 0.717) is 31.1 Å². The first-order valence-corrected chi connectivity index (χ1v) is 24.2. The van der Waals surface area contributed by atoms with Gasteiger partial charge in [0.1, 0.15) is 6.54 Å². The Labute approximate surface area is 405 Å². The molecule has 0 aromatic heterocycles. The van der Waals surface area contributed by atoms with E-state index in [1.165, 1.54) is 59.7 Å². The number of ketones is 4. The maximum atomic E-state index is 12.0. The van der Waals surface area contributed by atoms with Gasteiger partial charge in [0, 0.05) is 43.3 Å². The zero-order valence-electron chi connectivity index (χ0n) is 44.6. The van der Waals surface area contributed by atoms with Crippen LogP contribution in [-0.2, 0) is 38.4 Å². The summed E-state index contributed by atoms with van der Waals surface area (Å²) in [6.45, 7) is 25.8. The molecule has 68 heavy (non-hydrogen) atoms. The number of halogens is 3. The number of nitrogens with one attached hydrogen (secondary N) is 8. The van der Waals surface area contributed by atoms with E-state index >= 15 is 0 Å². The van der Waals surface area contributed by atoms with Crippen LogP contribution < -0.4 is 42.5 Å². The average Bonchev–Trinajstić information content (AvgIpc) is 3.17. The summed E-state index contributed by atoms with van der Waals surface area (Å²) in [6.07, 6.45) is 6.88. The summed E-state index contributed by atoms with van der Waals surface area (Å²) in [7, 11) is 4.47. The number of alkyl halides is 3. The minimum absolute atomic E-state index is 0.155. The number of amides is 4. The molecule has 8 N–H and O–H groups in total. The minimum Gasteiger partial charge on any atom is -0.353 e. The number of Topliss-reactive ketones (excluding diaryl/α,β-unsaturated/α-hetero) is 4. The van der Waals surface area contributed by atoms with Crippen LogP contribution in [0.15, 0.2) is 0 Å². The van der Waals surface area contributed by atoms with Crippen molar-refractivity contribution in [2.24, 2.45) is 11.8 Å². The number of rotatable bonds is 21. The van der Waals surface area contributed by atoms with E-state index < -0.39 is 53.7 Å². The molecule has 4 atom stereocenters. The predicted molar refractivity (Wildman–Crippen MR) is 262 cm³/mol. The van der Waals surface area contributed by atoms with E-state index in [2.05, 4.69) is 37.2 Å². The molecule has 16 nitrogen and oxygen atoms in total. The standard InChI is InChI=1S/2C13H24N2O2.C12H21F3N2O2.C11H22N2O2/c2*1-13(2,3)15-10(8-9-6-5-7-9)11(16)12(17)14-4;1-5-6-8(17-11(2,3)4)9(18)10(19)16-7-12(13,14)15;1-6-7-8(13-11(2,3)4)9(14)10(15)12-5/h2*9-10,15H,5-8H2,1-4H3,(H,14,17);8,17H,5-7H2,1-4H3,(H,16,19);8,13H,6-7H2,1-5H3,(H,12,15)/t10-;;8-;/m0.0./s1. The molecule has 2 saturated carbocycles. The van der Waals surface area contributed by atoms with Gasteiger partial charge < -0.3 is 42.5 Å². The van der Waals surface area contributed by atoms with Gasteiger partial charge in [0.25, 0.3) is 23.6 Å². The fourth-order valence-corrected chi connectivity index (χ4v) is 7.06. The largest absolute Gasteiger partial charge is 0.405 e. The number of hydrogen-bond acceptors (Lipinski definition) is 12. The number of carbonyl (C=O) groups excluding carboxylic acids is 8. The molecule has 2 aliphatic carbocycles. The van der Waals surface area contributed by atoms with Crippen molar-refractivity contribution < 1.29 is 51.5 Å². The van der Waals surface area contributed by atoms with Crippen LogP contribution in [0, 0.1) is 11.8 Å². The molecule has 2 aliphatic rings. The molecule has 0 heterocycles. The Morgan fingerprint density at radius 2 is 0.691 bits per heavy atom. The van der Waals surface area contributed by atoms with Gasteiger partial charge in [0.2, 0.25) is 23.1 Å². The molecule has 396 valence electrons. The maximum Gasteiger partial charge on any atom is 0.405 e. The van der Waals surface area contributed by atoms with Crippen molar-refractivity contribution in [3.05, 3.63) is 0 Å². The Bertz CT molecular complexity index is 1550. The van der Waals surface area contributed by atoms with E-state index in [0.717, 1.165) is 19.3 Å². The van der Waals surface area contributed by atoms with Crippen molar-refractivity contribution >= 4 is 46.8 Å². The molecule has 19 heteroatoms. The summed E-state index contributed by atoms with van der Waals surface area (Å²) >= 11 is 0. The summed E-state index contributed by atoms with van der Waals surface area (Å²) in [5.74, 6) is -3.43. The fraction of sp³-hybridized carbons (Fsp3) is 0.837. The highest BCUT2D eigenvalue weighted by molar-refractivity contribution is 6.39. The van der Waals surface area contributed by atoms with Crippen LogP contribution in [0.1, 0.15) is 174 Å². The van der Waals surface area contributed by atoms with E-state index in [4.69, 9.17) is 0 Å². The van der Waals surface area contributed by atoms with Crippen molar-refractivity contribution in [1.29, 1.82) is 0 Å². The number of carbonyl (C=O) groups is 8. The lowest BCUT2D eigenvalue weighted by molar-refractivity contribution is -0.146. The van der Waals surface area contributed by atoms with Gasteiger partial charge in [0.15, 0.2) is 0 Å². The SMILES string of the molecule is CCCC(NC(C)(C)C)C(=O)C(=O)NC.CCC[C@H](NC(C)(C)C)C(=O)C(=O)NCC(F)(F)F.CNC(=O)C(=O)C(CC1CCC1)NC(C)(C)C.CNC(=O)C(=O)[C@H](CC1CCC1)NC(C)(C)C. The van der Waals surface area contributed by atoms with Crippen molar-refractivity contribution in [1.82, 2.24) is 42.5 Å². The molecule has 0 aliphatic heterocycles. The van der Waals surface area contributed by atoms with Crippen LogP contribution in [0.3, 0.4) is 0 Å². The lowest BCUT2D eigenvalue weighted by Crippen LogP contribution is -2.52. The minimum atomic E-state index is -4.52. The normalized spacial score (nSPS) is 16.1. The zero-order valence-corrected chi connectivity index (χ0v) is 44.6. The molecule has 0 saturated heterocycles. The van der Waals surface area contributed by atoms with E-state index in [-0.39, 0.29) is 52.1 Å². The van der Waals surface area contributed by atoms with Crippen molar-refractivity contribution in [3.8, 4) is 0 Å². The van der Waals surface area contributed by atoms with Gasteiger partial charge in [0.05, 0.1) is 24.2 Å². The summed E-state index contributed by atoms with van der Waals surface area (Å²) in [4.78, 5) is 92.8. The topological polar surface area (TPSA) is 233 Å². The first-order chi connectivity index (χ1) is 30.9. The molecule has 4 amide bonds. The highest BCUT2D eigenvalue weighted by atomic mass is 19.4. The average molecular weight is 977 g/mol. The summed E-state index contributed by atoms with van der Waals surface area (Å²) in [5.41, 5.74) is -0.875. The molecular formula is C49H91F3N8O8. The molecule has 2 rings (SSSR count). The van der Waals surface area contributed by atoms with Crippen LogP contribution in [0.2, 0.25) is 0 Å². The third kappa shape index (κ3) is 31.3. The van der Waals surface area contributed by atoms with Crippen LogP contribution >= 0.6 is 0 Å². The second-order valence-corrected chi connectivity index (χ2v) is 21.9. The van der Waals surface area contributed by atoms with Crippen molar-refractivity contribution in [2.45, 2.75) is 226 Å². The molecule has 0 bridgehead atoms. The summed E-state index contributed by atoms with van der Waals surface area (Å²) in [6, 6.07) is -1.84. The molecule has 0 radical (unpaired) electrons. The quantitative estimate of drug-likeness (QED) is 0.0699. The number of likely N-dealkylation sites (N-methyl/N-ethyl adjacent to an activating group) is 3. The highest BCUT2D eigenvalue weighted by Crippen LogP contribution is 2.32. The third-order valence-electron chi connectivity index (χ3n) is 10.5. The Morgan fingerprint density at radius 1 is 0.441 bits per heavy atom. The van der Waals surface area contributed by atoms with Crippen LogP contribution in [-0.4, -0.2) is 127 Å². The van der Waals surface area contributed by atoms with Gasteiger partial charge in [-0.25, -0.2) is 0 Å². The monoisotopic (exact) mass is 977 g/mol. The first kappa shape index (κ1) is 66.3. The summed E-state index contributed by atoms with van der Waals surface area (Å²) in [5, 5.41) is 21.4. The summed E-state index contributed by atoms with van der Waals surface area (Å²) < 4.78 is 35.9. The predicted octanol–water partition coefficient (Wildman–Crippen LogP) is 5.15. The van der Waals surface area contributed by atoms with Crippen LogP contribution in [0.25, 0.3) is 0 Å². The maximum absolute atomic E-state index is 12.0. The highest BCUT2D eigenvalue weighted by Gasteiger charge is 2.35. The molecule has 2 unspecified atom stereocenters. The Hall–Kier alpha value is -3.81. The van der Waals surface area contributed by atoms with Gasteiger partial charge >= 0.3 is 6.18 Å². The van der Waals surface area contributed by atoms with Gasteiger partial charge in [-0.2, -0.15) is 13.2 Å². The van der Waals surface area contributed by atoms with Crippen LogP contribution in [0.5, 0.6) is 0 Å². The molecule has 2 fully saturated rings. The van der Waals surface area contributed by atoms with Gasteiger partial charge in [-0.05, 0) is 121 Å². The smallest absolute Gasteiger partial charge is 0.353 e. The Morgan fingerprint density at radius 3 is 0.897 bits per heavy atom. The lowest BCUT2D eigenvalue weighted by atomic mass is 9.79. The zero-order chi connectivity index (χ0) is 53.4. The van der Waals surface area contributed by atoms with E-state index in [1.54, 1.807) is 5.32 Å². The van der Waals surface area contributed by atoms with Gasteiger partial charge in [-0.3, -0.25) is 38.4 Å². The fourth-order valence-electron chi connectivity index (χ4n) is 7.06. The lowest BCUT2D eigenvalue weighted by Gasteiger charge is -2.33. The second kappa shape index (κ2) is 30.7. The Balaban J connectivity index is 0. The molecule has 0 aromatic carbocycles. The third-order valence-corrected chi connectivity index (χ3v) is 10.5. The van der Waals surface area contributed by atoms with Gasteiger partial charge in [-0.15, -0.1) is 0 Å². The molecular weight excluding hydrogens is 886 g/mol. The Kier molecular flexibility index (Phi) is 29.9. The van der Waals surface area contributed by atoms with Gasteiger partial charge in [-0.1, -0.05) is 65.2 Å². The van der Waals surface area contributed by atoms with Crippen LogP contribution in [0.4, 0.5) is 13.2 Å².